The zero-order valence-corrected chi connectivity index (χ0v) is 12.1. The predicted octanol–water partition coefficient (Wildman–Crippen LogP) is 3.73. The average molecular weight is 276 g/mol. The maximum Gasteiger partial charge on any atom is 0.122 e. The molecular formula is C18H16N2O. The van der Waals surface area contributed by atoms with Crippen LogP contribution in [-0.4, -0.2) is 7.11 Å². The molecule has 0 saturated carbocycles. The maximum absolute atomic E-state index is 9.44. The summed E-state index contributed by atoms with van der Waals surface area (Å²) in [6.45, 7) is 2.02. The molecule has 104 valence electrons. The zero-order valence-electron chi connectivity index (χ0n) is 12.1. The van der Waals surface area contributed by atoms with E-state index in [1.54, 1.807) is 19.2 Å². The molecule has 2 aromatic rings. The van der Waals surface area contributed by atoms with Crippen molar-refractivity contribution < 1.29 is 4.74 Å². The van der Waals surface area contributed by atoms with Gasteiger partial charge in [-0.25, -0.2) is 0 Å². The van der Waals surface area contributed by atoms with Crippen LogP contribution in [0.4, 0.5) is 0 Å². The highest BCUT2D eigenvalue weighted by atomic mass is 16.5. The van der Waals surface area contributed by atoms with Gasteiger partial charge in [0.1, 0.15) is 5.75 Å². The van der Waals surface area contributed by atoms with Gasteiger partial charge in [0.25, 0.3) is 0 Å². The Bertz CT molecular complexity index is 705. The molecule has 1 unspecified atom stereocenters. The summed E-state index contributed by atoms with van der Waals surface area (Å²) in [5.41, 5.74) is 3.68. The molecule has 0 spiro atoms. The first-order chi connectivity index (χ1) is 10.2. The van der Waals surface area contributed by atoms with Gasteiger partial charge in [-0.1, -0.05) is 29.8 Å². The summed E-state index contributed by atoms with van der Waals surface area (Å²) in [5, 5.41) is 18.3. The van der Waals surface area contributed by atoms with Crippen LogP contribution in [-0.2, 0) is 6.42 Å². The van der Waals surface area contributed by atoms with Crippen LogP contribution in [0, 0.1) is 29.6 Å². The molecule has 1 atom stereocenters. The SMILES string of the molecule is COc1ccc(C)cc1CC(C#N)c1ccc(C#N)cc1. The van der Waals surface area contributed by atoms with Gasteiger partial charge < -0.3 is 4.74 Å². The number of hydrogen-bond donors (Lipinski definition) is 0. The van der Waals surface area contributed by atoms with E-state index in [4.69, 9.17) is 10.00 Å². The van der Waals surface area contributed by atoms with Gasteiger partial charge in [-0.2, -0.15) is 10.5 Å². The fourth-order valence-electron chi connectivity index (χ4n) is 2.31. The normalized spacial score (nSPS) is 11.2. The van der Waals surface area contributed by atoms with Crippen molar-refractivity contribution in [3.8, 4) is 17.9 Å². The fraction of sp³-hybridized carbons (Fsp3) is 0.222. The maximum atomic E-state index is 9.44. The highest BCUT2D eigenvalue weighted by molar-refractivity contribution is 5.41. The summed E-state index contributed by atoms with van der Waals surface area (Å²) in [6.07, 6.45) is 0.591. The molecule has 0 heterocycles. The molecule has 0 fully saturated rings. The molecule has 0 saturated heterocycles. The second-order valence-corrected chi connectivity index (χ2v) is 4.93. The van der Waals surface area contributed by atoms with Gasteiger partial charge in [-0.3, -0.25) is 0 Å². The highest BCUT2D eigenvalue weighted by Gasteiger charge is 2.14. The third kappa shape index (κ3) is 3.41. The molecule has 0 aliphatic rings. The Morgan fingerprint density at radius 2 is 1.81 bits per heavy atom. The average Bonchev–Trinajstić information content (AvgIpc) is 2.53. The first kappa shape index (κ1) is 14.6. The van der Waals surface area contributed by atoms with E-state index in [9.17, 15) is 5.26 Å². The summed E-state index contributed by atoms with van der Waals surface area (Å²) >= 11 is 0. The Balaban J connectivity index is 2.29. The first-order valence-electron chi connectivity index (χ1n) is 6.71. The third-order valence-corrected chi connectivity index (χ3v) is 3.46. The van der Waals surface area contributed by atoms with Crippen molar-refractivity contribution in [2.75, 3.05) is 7.11 Å². The number of rotatable bonds is 4. The lowest BCUT2D eigenvalue weighted by atomic mass is 9.91. The van der Waals surface area contributed by atoms with Gasteiger partial charge in [0, 0.05) is 0 Å². The van der Waals surface area contributed by atoms with E-state index in [1.165, 1.54) is 0 Å². The summed E-state index contributed by atoms with van der Waals surface area (Å²) in [5.74, 6) is 0.544. The number of aryl methyl sites for hydroxylation is 1. The van der Waals surface area contributed by atoms with E-state index in [0.29, 0.717) is 12.0 Å². The molecule has 0 radical (unpaired) electrons. The molecule has 0 aromatic heterocycles. The predicted molar refractivity (Wildman–Crippen MR) is 80.9 cm³/mol. The minimum Gasteiger partial charge on any atom is -0.496 e. The quantitative estimate of drug-likeness (QED) is 0.855. The highest BCUT2D eigenvalue weighted by Crippen LogP contribution is 2.27. The largest absolute Gasteiger partial charge is 0.496 e. The lowest BCUT2D eigenvalue weighted by Crippen LogP contribution is -2.03. The number of nitriles is 2. The molecule has 2 rings (SSSR count). The molecular weight excluding hydrogens is 260 g/mol. The minimum atomic E-state index is -0.256. The second-order valence-electron chi connectivity index (χ2n) is 4.93. The smallest absolute Gasteiger partial charge is 0.122 e. The first-order valence-corrected chi connectivity index (χ1v) is 6.71. The molecule has 2 aromatic carbocycles. The van der Waals surface area contributed by atoms with E-state index in [1.807, 2.05) is 37.3 Å². The number of hydrogen-bond acceptors (Lipinski definition) is 3. The molecule has 0 N–H and O–H groups in total. The van der Waals surface area contributed by atoms with E-state index in [-0.39, 0.29) is 5.92 Å². The number of ether oxygens (including phenoxy) is 1. The Morgan fingerprint density at radius 3 is 2.38 bits per heavy atom. The van der Waals surface area contributed by atoms with Crippen molar-refractivity contribution in [1.82, 2.24) is 0 Å². The van der Waals surface area contributed by atoms with Crippen molar-refractivity contribution in [2.45, 2.75) is 19.3 Å². The van der Waals surface area contributed by atoms with E-state index < -0.39 is 0 Å². The van der Waals surface area contributed by atoms with Crippen molar-refractivity contribution >= 4 is 0 Å². The van der Waals surface area contributed by atoms with Crippen LogP contribution >= 0.6 is 0 Å². The summed E-state index contributed by atoms with van der Waals surface area (Å²) in [4.78, 5) is 0. The number of benzene rings is 2. The Hall–Kier alpha value is -2.78. The Kier molecular flexibility index (Phi) is 4.59. The van der Waals surface area contributed by atoms with Crippen LogP contribution in [0.25, 0.3) is 0 Å². The topological polar surface area (TPSA) is 56.8 Å². The summed E-state index contributed by atoms with van der Waals surface area (Å²) in [7, 11) is 1.64. The molecule has 0 aliphatic carbocycles. The van der Waals surface area contributed by atoms with E-state index in [2.05, 4.69) is 12.1 Å². The minimum absolute atomic E-state index is 0.256. The van der Waals surface area contributed by atoms with Crippen molar-refractivity contribution in [3.05, 3.63) is 64.7 Å². The number of methoxy groups -OCH3 is 1. The molecule has 3 heteroatoms. The van der Waals surface area contributed by atoms with Crippen LogP contribution < -0.4 is 4.74 Å². The van der Waals surface area contributed by atoms with Gasteiger partial charge in [-0.15, -0.1) is 0 Å². The number of nitrogens with zero attached hydrogens (tertiary/aromatic N) is 2. The molecule has 0 aliphatic heterocycles. The second kappa shape index (κ2) is 6.59. The lowest BCUT2D eigenvalue weighted by molar-refractivity contribution is 0.409. The van der Waals surface area contributed by atoms with Gasteiger partial charge in [0.2, 0.25) is 0 Å². The lowest BCUT2D eigenvalue weighted by Gasteiger charge is -2.13. The monoisotopic (exact) mass is 276 g/mol. The van der Waals surface area contributed by atoms with Gasteiger partial charge in [0.05, 0.1) is 30.7 Å². The van der Waals surface area contributed by atoms with Crippen molar-refractivity contribution in [1.29, 1.82) is 10.5 Å². The van der Waals surface area contributed by atoms with E-state index in [0.717, 1.165) is 22.4 Å². The molecule has 0 bridgehead atoms. The van der Waals surface area contributed by atoms with Gasteiger partial charge >= 0.3 is 0 Å². The molecule has 0 amide bonds. The standard InChI is InChI=1S/C18H16N2O/c1-13-3-8-18(21-2)16(9-13)10-17(12-20)15-6-4-14(11-19)5-7-15/h3-9,17H,10H2,1-2H3. The summed E-state index contributed by atoms with van der Waals surface area (Å²) < 4.78 is 5.37. The zero-order chi connectivity index (χ0) is 15.2. The van der Waals surface area contributed by atoms with Gasteiger partial charge in [-0.05, 0) is 42.7 Å². The van der Waals surface area contributed by atoms with Gasteiger partial charge in [0.15, 0.2) is 0 Å². The van der Waals surface area contributed by atoms with Crippen LogP contribution in [0.1, 0.15) is 28.2 Å². The Morgan fingerprint density at radius 1 is 1.10 bits per heavy atom. The summed E-state index contributed by atoms with van der Waals surface area (Å²) in [6, 6.07) is 17.6. The Labute approximate surface area is 125 Å². The van der Waals surface area contributed by atoms with Crippen LogP contribution in [0.2, 0.25) is 0 Å². The fourth-order valence-corrected chi connectivity index (χ4v) is 2.31. The van der Waals surface area contributed by atoms with Crippen LogP contribution in [0.5, 0.6) is 5.75 Å². The van der Waals surface area contributed by atoms with Crippen LogP contribution in [0.3, 0.4) is 0 Å². The molecule has 21 heavy (non-hydrogen) atoms. The van der Waals surface area contributed by atoms with Crippen molar-refractivity contribution in [2.24, 2.45) is 0 Å². The molecule has 3 nitrogen and oxygen atoms in total. The van der Waals surface area contributed by atoms with Crippen LogP contribution in [0.15, 0.2) is 42.5 Å². The van der Waals surface area contributed by atoms with Crippen molar-refractivity contribution in [3.63, 3.8) is 0 Å². The third-order valence-electron chi connectivity index (χ3n) is 3.46. The van der Waals surface area contributed by atoms with E-state index >= 15 is 0 Å².